The first-order chi connectivity index (χ1) is 7.76. The van der Waals surface area contributed by atoms with E-state index in [0.29, 0.717) is 6.61 Å². The number of ether oxygens (including phenoxy) is 2. The Morgan fingerprint density at radius 2 is 2.19 bits per heavy atom. The maximum absolute atomic E-state index is 5.79. The molecule has 0 radical (unpaired) electrons. The van der Waals surface area contributed by atoms with E-state index in [9.17, 15) is 0 Å². The fourth-order valence-corrected chi connectivity index (χ4v) is 1.50. The normalized spacial score (nSPS) is 12.4. The molecule has 0 saturated carbocycles. The van der Waals surface area contributed by atoms with Gasteiger partial charge in [0.2, 0.25) is 0 Å². The van der Waals surface area contributed by atoms with Crippen LogP contribution in [-0.2, 0) is 11.3 Å². The lowest BCUT2D eigenvalue weighted by atomic mass is 10.2. The molecule has 0 aliphatic heterocycles. The first kappa shape index (κ1) is 13.0. The van der Waals surface area contributed by atoms with Gasteiger partial charge < -0.3 is 14.8 Å². The van der Waals surface area contributed by atoms with Crippen LogP contribution >= 0.6 is 0 Å². The molecule has 0 amide bonds. The molecule has 0 spiro atoms. The monoisotopic (exact) mass is 223 g/mol. The third-order valence-electron chi connectivity index (χ3n) is 2.23. The highest BCUT2D eigenvalue weighted by Crippen LogP contribution is 2.15. The van der Waals surface area contributed by atoms with Crippen molar-refractivity contribution in [1.29, 1.82) is 0 Å². The lowest BCUT2D eigenvalue weighted by Crippen LogP contribution is -2.28. The van der Waals surface area contributed by atoms with Crippen molar-refractivity contribution in [2.45, 2.75) is 26.6 Å². The van der Waals surface area contributed by atoms with Crippen LogP contribution in [0.2, 0.25) is 0 Å². The molecule has 1 unspecified atom stereocenters. The molecule has 1 aromatic rings. The van der Waals surface area contributed by atoms with Crippen LogP contribution in [0.25, 0.3) is 0 Å². The molecular weight excluding hydrogens is 202 g/mol. The van der Waals surface area contributed by atoms with Gasteiger partial charge in [-0.1, -0.05) is 19.1 Å². The van der Waals surface area contributed by atoms with Gasteiger partial charge in [-0.25, -0.2) is 0 Å². The highest BCUT2D eigenvalue weighted by atomic mass is 16.5. The smallest absolute Gasteiger partial charge is 0.120 e. The van der Waals surface area contributed by atoms with E-state index in [4.69, 9.17) is 9.47 Å². The van der Waals surface area contributed by atoms with E-state index in [2.05, 4.69) is 19.2 Å². The molecule has 0 aliphatic carbocycles. The molecule has 1 N–H and O–H groups in total. The highest BCUT2D eigenvalue weighted by Gasteiger charge is 2.03. The molecule has 0 bridgehead atoms. The number of hydrogen-bond donors (Lipinski definition) is 1. The van der Waals surface area contributed by atoms with Gasteiger partial charge in [0.05, 0.1) is 6.61 Å². The Bertz CT molecular complexity index is 302. The van der Waals surface area contributed by atoms with Crippen molar-refractivity contribution in [1.82, 2.24) is 5.32 Å². The van der Waals surface area contributed by atoms with Crippen LogP contribution in [0.4, 0.5) is 0 Å². The second-order valence-corrected chi connectivity index (χ2v) is 3.82. The maximum Gasteiger partial charge on any atom is 0.120 e. The van der Waals surface area contributed by atoms with Crippen LogP contribution in [0.15, 0.2) is 24.3 Å². The second-order valence-electron chi connectivity index (χ2n) is 3.82. The molecular formula is C13H21NO2. The Morgan fingerprint density at radius 3 is 2.88 bits per heavy atom. The summed E-state index contributed by atoms with van der Waals surface area (Å²) >= 11 is 0. The van der Waals surface area contributed by atoms with Crippen molar-refractivity contribution in [2.24, 2.45) is 0 Å². The average molecular weight is 223 g/mol. The van der Waals surface area contributed by atoms with Gasteiger partial charge in [-0.05, 0) is 31.2 Å². The van der Waals surface area contributed by atoms with Gasteiger partial charge in [0.25, 0.3) is 0 Å². The number of nitrogens with one attached hydrogen (secondary N) is 1. The van der Waals surface area contributed by atoms with E-state index in [0.717, 1.165) is 24.4 Å². The molecule has 1 rings (SSSR count). The van der Waals surface area contributed by atoms with Gasteiger partial charge in [0.1, 0.15) is 11.9 Å². The fourth-order valence-electron chi connectivity index (χ4n) is 1.50. The summed E-state index contributed by atoms with van der Waals surface area (Å²) in [6.07, 6.45) is 0.178. The molecule has 0 saturated heterocycles. The van der Waals surface area contributed by atoms with Crippen LogP contribution < -0.4 is 10.1 Å². The third kappa shape index (κ3) is 4.64. The first-order valence-corrected chi connectivity index (χ1v) is 5.71. The Balaban J connectivity index is 2.49. The average Bonchev–Trinajstić information content (AvgIpc) is 2.27. The number of hydrogen-bond acceptors (Lipinski definition) is 3. The van der Waals surface area contributed by atoms with Gasteiger partial charge in [0.15, 0.2) is 0 Å². The summed E-state index contributed by atoms with van der Waals surface area (Å²) in [4.78, 5) is 0. The minimum atomic E-state index is 0.178. The minimum Gasteiger partial charge on any atom is -0.489 e. The SMILES string of the molecule is CCNCC(C)Oc1cccc(COC)c1. The number of rotatable bonds is 7. The molecule has 1 aromatic carbocycles. The highest BCUT2D eigenvalue weighted by molar-refractivity contribution is 5.28. The zero-order valence-corrected chi connectivity index (χ0v) is 10.3. The van der Waals surface area contributed by atoms with E-state index in [1.165, 1.54) is 0 Å². The van der Waals surface area contributed by atoms with E-state index in [-0.39, 0.29) is 6.10 Å². The van der Waals surface area contributed by atoms with Gasteiger partial charge in [0, 0.05) is 13.7 Å². The number of benzene rings is 1. The molecule has 90 valence electrons. The Hall–Kier alpha value is -1.06. The summed E-state index contributed by atoms with van der Waals surface area (Å²) in [5.41, 5.74) is 1.13. The fraction of sp³-hybridized carbons (Fsp3) is 0.538. The van der Waals surface area contributed by atoms with Gasteiger partial charge >= 0.3 is 0 Å². The van der Waals surface area contributed by atoms with Crippen molar-refractivity contribution in [3.05, 3.63) is 29.8 Å². The second kappa shape index (κ2) is 7.25. The maximum atomic E-state index is 5.79. The minimum absolute atomic E-state index is 0.178. The van der Waals surface area contributed by atoms with Crippen molar-refractivity contribution in [2.75, 3.05) is 20.2 Å². The van der Waals surface area contributed by atoms with E-state index < -0.39 is 0 Å². The molecule has 0 heterocycles. The molecule has 0 aromatic heterocycles. The third-order valence-corrected chi connectivity index (χ3v) is 2.23. The van der Waals surface area contributed by atoms with Crippen LogP contribution in [0.1, 0.15) is 19.4 Å². The van der Waals surface area contributed by atoms with Gasteiger partial charge in [-0.2, -0.15) is 0 Å². The number of methoxy groups -OCH3 is 1. The zero-order chi connectivity index (χ0) is 11.8. The standard InChI is InChI=1S/C13H21NO2/c1-4-14-9-11(2)16-13-7-5-6-12(8-13)10-15-3/h5-8,11,14H,4,9-10H2,1-3H3. The Labute approximate surface area is 97.8 Å². The quantitative estimate of drug-likeness (QED) is 0.768. The van der Waals surface area contributed by atoms with Crippen LogP contribution in [-0.4, -0.2) is 26.3 Å². The van der Waals surface area contributed by atoms with Gasteiger partial charge in [-0.3, -0.25) is 0 Å². The lowest BCUT2D eigenvalue weighted by molar-refractivity contribution is 0.183. The Kier molecular flexibility index (Phi) is 5.90. The summed E-state index contributed by atoms with van der Waals surface area (Å²) in [5, 5.41) is 3.26. The summed E-state index contributed by atoms with van der Waals surface area (Å²) < 4.78 is 10.9. The van der Waals surface area contributed by atoms with E-state index >= 15 is 0 Å². The van der Waals surface area contributed by atoms with Crippen LogP contribution in [0.5, 0.6) is 5.75 Å². The van der Waals surface area contributed by atoms with Crippen molar-refractivity contribution < 1.29 is 9.47 Å². The van der Waals surface area contributed by atoms with Crippen LogP contribution in [0.3, 0.4) is 0 Å². The number of likely N-dealkylation sites (N-methyl/N-ethyl adjacent to an activating group) is 1. The van der Waals surface area contributed by atoms with E-state index in [1.54, 1.807) is 7.11 Å². The molecule has 1 atom stereocenters. The topological polar surface area (TPSA) is 30.5 Å². The summed E-state index contributed by atoms with van der Waals surface area (Å²) in [6, 6.07) is 8.02. The van der Waals surface area contributed by atoms with Crippen molar-refractivity contribution in [3.8, 4) is 5.75 Å². The predicted molar refractivity (Wildman–Crippen MR) is 65.8 cm³/mol. The van der Waals surface area contributed by atoms with Crippen molar-refractivity contribution in [3.63, 3.8) is 0 Å². The predicted octanol–water partition coefficient (Wildman–Crippen LogP) is 2.21. The summed E-state index contributed by atoms with van der Waals surface area (Å²) in [7, 11) is 1.70. The molecule has 0 fully saturated rings. The zero-order valence-electron chi connectivity index (χ0n) is 10.3. The summed E-state index contributed by atoms with van der Waals surface area (Å²) in [5.74, 6) is 0.903. The molecule has 0 aliphatic rings. The van der Waals surface area contributed by atoms with Gasteiger partial charge in [-0.15, -0.1) is 0 Å². The summed E-state index contributed by atoms with van der Waals surface area (Å²) in [6.45, 7) is 6.61. The van der Waals surface area contributed by atoms with Crippen molar-refractivity contribution >= 4 is 0 Å². The first-order valence-electron chi connectivity index (χ1n) is 5.71. The largest absolute Gasteiger partial charge is 0.489 e. The van der Waals surface area contributed by atoms with Crippen LogP contribution in [0, 0.1) is 0 Å². The van der Waals surface area contributed by atoms with E-state index in [1.807, 2.05) is 24.3 Å². The molecule has 3 heteroatoms. The Morgan fingerprint density at radius 1 is 1.38 bits per heavy atom. The lowest BCUT2D eigenvalue weighted by Gasteiger charge is -2.15. The molecule has 16 heavy (non-hydrogen) atoms. The molecule has 3 nitrogen and oxygen atoms in total.